The number of carbonyl (C=O) groups is 2. The second-order valence-electron chi connectivity index (χ2n) is 4.60. The molecule has 19 heavy (non-hydrogen) atoms. The van der Waals surface area contributed by atoms with E-state index in [9.17, 15) is 9.59 Å². The minimum atomic E-state index is -0.467. The molecule has 7 nitrogen and oxygen atoms in total. The Morgan fingerprint density at radius 2 is 2.21 bits per heavy atom. The van der Waals surface area contributed by atoms with Crippen molar-refractivity contribution in [2.75, 3.05) is 40.4 Å². The number of nitrogens with one attached hydrogen (secondary N) is 1. The molecule has 0 spiro atoms. The molecule has 3 N–H and O–H groups in total. The van der Waals surface area contributed by atoms with Gasteiger partial charge in [-0.15, -0.1) is 0 Å². The van der Waals surface area contributed by atoms with Crippen LogP contribution < -0.4 is 11.1 Å². The fourth-order valence-electron chi connectivity index (χ4n) is 1.95. The smallest absolute Gasteiger partial charge is 0.251 e. The number of ether oxygens (including phenoxy) is 2. The number of hydrogen-bond donors (Lipinski definition) is 2. The summed E-state index contributed by atoms with van der Waals surface area (Å²) in [5, 5.41) is 2.66. The van der Waals surface area contributed by atoms with E-state index in [1.807, 2.05) is 0 Å². The molecule has 1 heterocycles. The standard InChI is InChI=1S/C12H23N3O4/c1-15(8-11(16)14-5-6-18-2)12(17)10-4-3-9(7-13)19-10/h9-10H,3-8,13H2,1-2H3,(H,14,16). The van der Waals surface area contributed by atoms with Gasteiger partial charge in [-0.2, -0.15) is 0 Å². The molecule has 1 aliphatic heterocycles. The Labute approximate surface area is 113 Å². The zero-order valence-corrected chi connectivity index (χ0v) is 11.6. The lowest BCUT2D eigenvalue weighted by atomic mass is 10.2. The normalized spacial score (nSPS) is 22.3. The Morgan fingerprint density at radius 1 is 1.47 bits per heavy atom. The van der Waals surface area contributed by atoms with Crippen molar-refractivity contribution in [1.29, 1.82) is 0 Å². The van der Waals surface area contributed by atoms with Crippen molar-refractivity contribution in [1.82, 2.24) is 10.2 Å². The summed E-state index contributed by atoms with van der Waals surface area (Å²) in [6, 6.07) is 0. The molecule has 0 radical (unpaired) electrons. The largest absolute Gasteiger partial charge is 0.383 e. The van der Waals surface area contributed by atoms with Crippen LogP contribution in [0.4, 0.5) is 0 Å². The Bertz CT molecular complexity index is 311. The van der Waals surface area contributed by atoms with Gasteiger partial charge in [0.2, 0.25) is 5.91 Å². The molecule has 2 amide bonds. The SMILES string of the molecule is COCCNC(=O)CN(C)C(=O)C1CCC(CN)O1. The molecule has 110 valence electrons. The second kappa shape index (κ2) is 8.08. The molecule has 2 atom stereocenters. The van der Waals surface area contributed by atoms with Crippen molar-refractivity contribution in [2.45, 2.75) is 25.0 Å². The summed E-state index contributed by atoms with van der Waals surface area (Å²) < 4.78 is 10.3. The van der Waals surface area contributed by atoms with E-state index in [2.05, 4.69) is 5.32 Å². The summed E-state index contributed by atoms with van der Waals surface area (Å²) >= 11 is 0. The lowest BCUT2D eigenvalue weighted by Gasteiger charge is -2.20. The number of methoxy groups -OCH3 is 1. The summed E-state index contributed by atoms with van der Waals surface area (Å²) in [6.45, 7) is 1.33. The fourth-order valence-corrected chi connectivity index (χ4v) is 1.95. The number of nitrogens with two attached hydrogens (primary N) is 1. The van der Waals surface area contributed by atoms with Crippen molar-refractivity contribution in [3.8, 4) is 0 Å². The zero-order chi connectivity index (χ0) is 14.3. The van der Waals surface area contributed by atoms with Crippen LogP contribution in [0.3, 0.4) is 0 Å². The van der Waals surface area contributed by atoms with Gasteiger partial charge < -0.3 is 25.4 Å². The molecule has 0 saturated carbocycles. The number of nitrogens with zero attached hydrogens (tertiary/aromatic N) is 1. The second-order valence-corrected chi connectivity index (χ2v) is 4.60. The van der Waals surface area contributed by atoms with E-state index in [0.717, 1.165) is 6.42 Å². The Balaban J connectivity index is 2.30. The summed E-state index contributed by atoms with van der Waals surface area (Å²) in [4.78, 5) is 25.0. The van der Waals surface area contributed by atoms with Crippen molar-refractivity contribution < 1.29 is 19.1 Å². The van der Waals surface area contributed by atoms with Crippen molar-refractivity contribution in [3.05, 3.63) is 0 Å². The van der Waals surface area contributed by atoms with E-state index in [4.69, 9.17) is 15.2 Å². The Morgan fingerprint density at radius 3 is 2.79 bits per heavy atom. The lowest BCUT2D eigenvalue weighted by molar-refractivity contribution is -0.144. The first-order valence-corrected chi connectivity index (χ1v) is 6.44. The van der Waals surface area contributed by atoms with E-state index in [1.54, 1.807) is 14.2 Å². The number of carbonyl (C=O) groups excluding carboxylic acids is 2. The molecule has 7 heteroatoms. The highest BCUT2D eigenvalue weighted by Gasteiger charge is 2.32. The van der Waals surface area contributed by atoms with Crippen LogP contribution in [0.1, 0.15) is 12.8 Å². The third-order valence-electron chi connectivity index (χ3n) is 3.03. The topological polar surface area (TPSA) is 93.9 Å². The Kier molecular flexibility index (Phi) is 6.75. The monoisotopic (exact) mass is 273 g/mol. The van der Waals surface area contributed by atoms with Crippen LogP contribution in [0, 0.1) is 0 Å². The first kappa shape index (κ1) is 15.9. The maximum absolute atomic E-state index is 12.0. The summed E-state index contributed by atoms with van der Waals surface area (Å²) in [5.41, 5.74) is 5.50. The van der Waals surface area contributed by atoms with Crippen LogP contribution >= 0.6 is 0 Å². The molecule has 1 rings (SSSR count). The number of rotatable bonds is 7. The molecule has 0 aromatic rings. The van der Waals surface area contributed by atoms with Gasteiger partial charge in [-0.1, -0.05) is 0 Å². The van der Waals surface area contributed by atoms with Gasteiger partial charge in [-0.05, 0) is 12.8 Å². The molecular formula is C12H23N3O4. The number of likely N-dealkylation sites (N-methyl/N-ethyl adjacent to an activating group) is 1. The molecule has 2 unspecified atom stereocenters. The van der Waals surface area contributed by atoms with Crippen LogP contribution in [0.5, 0.6) is 0 Å². The molecule has 0 bridgehead atoms. The van der Waals surface area contributed by atoms with Gasteiger partial charge in [0.05, 0.1) is 19.3 Å². The first-order valence-electron chi connectivity index (χ1n) is 6.44. The predicted molar refractivity (Wildman–Crippen MR) is 69.5 cm³/mol. The van der Waals surface area contributed by atoms with Crippen LogP contribution in [0.2, 0.25) is 0 Å². The molecule has 1 saturated heterocycles. The predicted octanol–water partition coefficient (Wildman–Crippen LogP) is -1.29. The third kappa shape index (κ3) is 5.14. The van der Waals surface area contributed by atoms with E-state index in [0.29, 0.717) is 26.1 Å². The van der Waals surface area contributed by atoms with Crippen LogP contribution in [-0.2, 0) is 19.1 Å². The van der Waals surface area contributed by atoms with E-state index in [1.165, 1.54) is 4.90 Å². The number of amides is 2. The van der Waals surface area contributed by atoms with Crippen molar-refractivity contribution in [2.24, 2.45) is 5.73 Å². The lowest BCUT2D eigenvalue weighted by Crippen LogP contribution is -2.43. The fraction of sp³-hybridized carbons (Fsp3) is 0.833. The van der Waals surface area contributed by atoms with Gasteiger partial charge in [-0.3, -0.25) is 9.59 Å². The molecule has 0 aromatic carbocycles. The van der Waals surface area contributed by atoms with E-state index < -0.39 is 6.10 Å². The zero-order valence-electron chi connectivity index (χ0n) is 11.6. The highest BCUT2D eigenvalue weighted by atomic mass is 16.5. The van der Waals surface area contributed by atoms with Gasteiger partial charge in [0.15, 0.2) is 0 Å². The molecule has 1 aliphatic rings. The highest BCUT2D eigenvalue weighted by molar-refractivity contribution is 5.86. The highest BCUT2D eigenvalue weighted by Crippen LogP contribution is 2.20. The summed E-state index contributed by atoms with van der Waals surface area (Å²) in [5.74, 6) is -0.376. The van der Waals surface area contributed by atoms with E-state index >= 15 is 0 Å². The molecular weight excluding hydrogens is 250 g/mol. The first-order chi connectivity index (χ1) is 9.08. The average molecular weight is 273 g/mol. The minimum absolute atomic E-state index is 0.0235. The van der Waals surface area contributed by atoms with Gasteiger partial charge in [0, 0.05) is 27.2 Å². The third-order valence-corrected chi connectivity index (χ3v) is 3.03. The van der Waals surface area contributed by atoms with Crippen LogP contribution in [-0.4, -0.2) is 69.3 Å². The maximum Gasteiger partial charge on any atom is 0.251 e. The molecule has 0 aromatic heterocycles. The summed E-state index contributed by atoms with van der Waals surface area (Å²) in [7, 11) is 3.16. The molecule has 0 aliphatic carbocycles. The van der Waals surface area contributed by atoms with Crippen LogP contribution in [0.15, 0.2) is 0 Å². The quantitative estimate of drug-likeness (QED) is 0.563. The van der Waals surface area contributed by atoms with Gasteiger partial charge >= 0.3 is 0 Å². The average Bonchev–Trinajstić information content (AvgIpc) is 2.86. The molecule has 1 fully saturated rings. The van der Waals surface area contributed by atoms with Gasteiger partial charge in [0.1, 0.15) is 6.10 Å². The van der Waals surface area contributed by atoms with Crippen LogP contribution in [0.25, 0.3) is 0 Å². The van der Waals surface area contributed by atoms with Crippen molar-refractivity contribution >= 4 is 11.8 Å². The van der Waals surface area contributed by atoms with Gasteiger partial charge in [-0.25, -0.2) is 0 Å². The van der Waals surface area contributed by atoms with E-state index in [-0.39, 0.29) is 24.5 Å². The number of hydrogen-bond acceptors (Lipinski definition) is 5. The maximum atomic E-state index is 12.0. The van der Waals surface area contributed by atoms with Crippen molar-refractivity contribution in [3.63, 3.8) is 0 Å². The Hall–Kier alpha value is -1.18. The minimum Gasteiger partial charge on any atom is -0.383 e. The van der Waals surface area contributed by atoms with Gasteiger partial charge in [0.25, 0.3) is 5.91 Å². The summed E-state index contributed by atoms with van der Waals surface area (Å²) in [6.07, 6.45) is 0.945.